The third kappa shape index (κ3) is 7.54. The summed E-state index contributed by atoms with van der Waals surface area (Å²) in [6.07, 6.45) is 5.46. The lowest BCUT2D eigenvalue weighted by Gasteiger charge is -2.35. The molecule has 38 heavy (non-hydrogen) atoms. The maximum atomic E-state index is 13.9. The number of carbonyl (C=O) groups excluding carboxylic acids is 2. The predicted molar refractivity (Wildman–Crippen MR) is 147 cm³/mol. The summed E-state index contributed by atoms with van der Waals surface area (Å²) in [5, 5.41) is 3.13. The Morgan fingerprint density at radius 1 is 1.00 bits per heavy atom. The van der Waals surface area contributed by atoms with Gasteiger partial charge >= 0.3 is 10.2 Å². The van der Waals surface area contributed by atoms with Crippen LogP contribution in [0.4, 0.5) is 10.1 Å². The van der Waals surface area contributed by atoms with Crippen LogP contribution in [-0.4, -0.2) is 62.2 Å². The molecule has 2 amide bonds. The topological polar surface area (TPSA) is 90.0 Å². The van der Waals surface area contributed by atoms with Crippen LogP contribution in [0.15, 0.2) is 48.5 Å². The lowest BCUT2D eigenvalue weighted by atomic mass is 9.95. The molecule has 0 aliphatic heterocycles. The maximum absolute atomic E-state index is 13.9. The fourth-order valence-electron chi connectivity index (χ4n) is 4.68. The van der Waals surface area contributed by atoms with E-state index in [0.29, 0.717) is 6.42 Å². The van der Waals surface area contributed by atoms with Gasteiger partial charge in [-0.25, -0.2) is 8.70 Å². The van der Waals surface area contributed by atoms with Crippen molar-refractivity contribution >= 4 is 27.7 Å². The highest BCUT2D eigenvalue weighted by Gasteiger charge is 2.34. The van der Waals surface area contributed by atoms with E-state index in [4.69, 9.17) is 0 Å². The van der Waals surface area contributed by atoms with Crippen LogP contribution in [0.2, 0.25) is 0 Å². The zero-order chi connectivity index (χ0) is 27.9. The summed E-state index contributed by atoms with van der Waals surface area (Å²) in [5.74, 6) is -1.27. The molecular weight excluding hydrogens is 507 g/mol. The molecule has 0 spiro atoms. The predicted octanol–water partition coefficient (Wildman–Crippen LogP) is 4.00. The second kappa shape index (κ2) is 13.2. The number of nitrogens with zero attached hydrogens (tertiary/aromatic N) is 3. The lowest BCUT2D eigenvalue weighted by Crippen LogP contribution is -2.54. The van der Waals surface area contributed by atoms with E-state index in [-0.39, 0.29) is 24.2 Å². The van der Waals surface area contributed by atoms with Crippen LogP contribution in [0, 0.1) is 12.7 Å². The minimum Gasteiger partial charge on any atom is -0.352 e. The molecule has 1 aliphatic rings. The van der Waals surface area contributed by atoms with Crippen molar-refractivity contribution in [2.24, 2.45) is 0 Å². The fraction of sp³-hybridized carbons (Fsp3) is 0.500. The minimum absolute atomic E-state index is 0.0754. The number of carbonyl (C=O) groups is 2. The smallest absolute Gasteiger partial charge is 0.304 e. The van der Waals surface area contributed by atoms with Gasteiger partial charge in [0.2, 0.25) is 11.8 Å². The summed E-state index contributed by atoms with van der Waals surface area (Å²) in [4.78, 5) is 28.8. The second-order valence-corrected chi connectivity index (χ2v) is 12.1. The van der Waals surface area contributed by atoms with E-state index in [1.165, 1.54) is 31.1 Å². The molecule has 3 rings (SSSR count). The first-order valence-electron chi connectivity index (χ1n) is 13.1. The van der Waals surface area contributed by atoms with E-state index in [2.05, 4.69) is 5.32 Å². The van der Waals surface area contributed by atoms with Gasteiger partial charge in [0.1, 0.15) is 18.4 Å². The summed E-state index contributed by atoms with van der Waals surface area (Å²) >= 11 is 0. The van der Waals surface area contributed by atoms with E-state index in [9.17, 15) is 22.4 Å². The van der Waals surface area contributed by atoms with Crippen LogP contribution < -0.4 is 9.62 Å². The van der Waals surface area contributed by atoms with Crippen molar-refractivity contribution in [1.29, 1.82) is 0 Å². The number of halogens is 1. The van der Waals surface area contributed by atoms with Gasteiger partial charge in [-0.15, -0.1) is 0 Å². The van der Waals surface area contributed by atoms with Gasteiger partial charge in [-0.05, 0) is 56.0 Å². The van der Waals surface area contributed by atoms with E-state index in [1.807, 2.05) is 38.1 Å². The molecule has 208 valence electrons. The average Bonchev–Trinajstić information content (AvgIpc) is 2.89. The number of rotatable bonds is 11. The number of nitrogens with one attached hydrogen (secondary N) is 1. The number of anilines is 1. The Hall–Kier alpha value is -2.98. The van der Waals surface area contributed by atoms with Crippen LogP contribution in [0.3, 0.4) is 0 Å². The fourth-order valence-corrected chi connectivity index (χ4v) is 5.73. The third-order valence-corrected chi connectivity index (χ3v) is 8.76. The summed E-state index contributed by atoms with van der Waals surface area (Å²) in [6, 6.07) is 11.9. The Labute approximate surface area is 226 Å². The number of hydrogen-bond donors (Lipinski definition) is 1. The van der Waals surface area contributed by atoms with E-state index in [0.717, 1.165) is 64.0 Å². The molecule has 1 aliphatic carbocycles. The minimum atomic E-state index is -4.09. The van der Waals surface area contributed by atoms with E-state index < -0.39 is 34.5 Å². The molecule has 1 N–H and O–H groups in total. The molecule has 0 saturated heterocycles. The molecule has 0 radical (unpaired) electrons. The van der Waals surface area contributed by atoms with E-state index in [1.54, 1.807) is 0 Å². The molecule has 1 unspecified atom stereocenters. The van der Waals surface area contributed by atoms with Crippen molar-refractivity contribution in [2.75, 3.05) is 24.9 Å². The van der Waals surface area contributed by atoms with Crippen LogP contribution in [0.25, 0.3) is 0 Å². The van der Waals surface area contributed by atoms with E-state index >= 15 is 0 Å². The van der Waals surface area contributed by atoms with Gasteiger partial charge in [0.25, 0.3) is 0 Å². The third-order valence-electron chi connectivity index (χ3n) is 6.94. The van der Waals surface area contributed by atoms with Crippen molar-refractivity contribution in [1.82, 2.24) is 14.5 Å². The molecule has 10 heteroatoms. The Morgan fingerprint density at radius 2 is 1.61 bits per heavy atom. The molecule has 0 aromatic heterocycles. The quantitative estimate of drug-likeness (QED) is 0.461. The highest BCUT2D eigenvalue weighted by molar-refractivity contribution is 7.90. The summed E-state index contributed by atoms with van der Waals surface area (Å²) in [7, 11) is -1.36. The first-order valence-corrected chi connectivity index (χ1v) is 14.5. The van der Waals surface area contributed by atoms with Crippen LogP contribution >= 0.6 is 0 Å². The number of aryl methyl sites for hydroxylation is 1. The Morgan fingerprint density at radius 3 is 2.16 bits per heavy atom. The van der Waals surface area contributed by atoms with Gasteiger partial charge in [0, 0.05) is 26.7 Å². The van der Waals surface area contributed by atoms with Gasteiger partial charge < -0.3 is 10.2 Å². The molecule has 1 saturated carbocycles. The largest absolute Gasteiger partial charge is 0.352 e. The SMILES string of the molecule is CCC(C(=O)NC1CCCCC1)N(Cc1ccc(C)cc1)C(=O)CN(c1ccc(F)cc1)S(=O)(=O)N(C)C. The van der Waals surface area contributed by atoms with Crippen molar-refractivity contribution < 1.29 is 22.4 Å². The van der Waals surface area contributed by atoms with Gasteiger partial charge in [-0.2, -0.15) is 12.7 Å². The standard InChI is InChI=1S/C28H39FN4O4S/c1-5-26(28(35)30-24-9-7-6-8-10-24)32(19-22-13-11-21(2)12-14-22)27(34)20-33(38(36,37)31(3)4)25-17-15-23(29)16-18-25/h11-18,24,26H,5-10,19-20H2,1-4H3,(H,30,35). The molecule has 1 fully saturated rings. The van der Waals surface area contributed by atoms with Crippen LogP contribution in [-0.2, 0) is 26.3 Å². The van der Waals surface area contributed by atoms with Gasteiger partial charge in [-0.1, -0.05) is 56.0 Å². The normalized spacial score (nSPS) is 15.2. The van der Waals surface area contributed by atoms with Gasteiger partial charge in [0.05, 0.1) is 5.69 Å². The van der Waals surface area contributed by atoms with Crippen molar-refractivity contribution in [3.8, 4) is 0 Å². The monoisotopic (exact) mass is 546 g/mol. The lowest BCUT2D eigenvalue weighted by molar-refractivity contribution is -0.140. The molecule has 2 aromatic rings. The van der Waals surface area contributed by atoms with Gasteiger partial charge in [0.15, 0.2) is 0 Å². The van der Waals surface area contributed by atoms with Crippen LogP contribution in [0.1, 0.15) is 56.6 Å². The Kier molecular flexibility index (Phi) is 10.3. The first kappa shape index (κ1) is 29.6. The molecular formula is C28H39FN4O4S. The maximum Gasteiger partial charge on any atom is 0.304 e. The summed E-state index contributed by atoms with van der Waals surface area (Å²) < 4.78 is 42.0. The number of hydrogen-bond acceptors (Lipinski definition) is 4. The molecule has 2 aromatic carbocycles. The van der Waals surface area contributed by atoms with Crippen LogP contribution in [0.5, 0.6) is 0 Å². The first-order chi connectivity index (χ1) is 18.0. The molecule has 0 heterocycles. The highest BCUT2D eigenvalue weighted by atomic mass is 32.2. The van der Waals surface area contributed by atoms with Crippen molar-refractivity contribution in [3.63, 3.8) is 0 Å². The molecule has 1 atom stereocenters. The number of amides is 2. The van der Waals surface area contributed by atoms with Crippen molar-refractivity contribution in [3.05, 3.63) is 65.5 Å². The highest BCUT2D eigenvalue weighted by Crippen LogP contribution is 2.23. The van der Waals surface area contributed by atoms with Gasteiger partial charge in [-0.3, -0.25) is 9.59 Å². The zero-order valence-electron chi connectivity index (χ0n) is 22.7. The second-order valence-electron chi connectivity index (χ2n) is 10.0. The van der Waals surface area contributed by atoms with Crippen molar-refractivity contribution in [2.45, 2.75) is 71.0 Å². The molecule has 8 nitrogen and oxygen atoms in total. The summed E-state index contributed by atoms with van der Waals surface area (Å²) in [5.41, 5.74) is 2.05. The Balaban J connectivity index is 1.94. The number of benzene rings is 2. The summed E-state index contributed by atoms with van der Waals surface area (Å²) in [6.45, 7) is 3.42. The molecule has 0 bridgehead atoms. The Bertz CT molecular complexity index is 1180. The zero-order valence-corrected chi connectivity index (χ0v) is 23.5. The average molecular weight is 547 g/mol.